The van der Waals surface area contributed by atoms with Gasteiger partial charge in [0.1, 0.15) is 11.6 Å². The fourth-order valence-corrected chi connectivity index (χ4v) is 1.37. The standard InChI is InChI=1S/C10H11N5O/c11-5-9-13-3-4-15(9)8-2-1-7(6-14-8)10(12)16/h1-4,6H,5,11H2,(H2,12,16). The Morgan fingerprint density at radius 2 is 2.19 bits per heavy atom. The third-order valence-electron chi connectivity index (χ3n) is 2.18. The molecule has 0 unspecified atom stereocenters. The number of nitrogens with two attached hydrogens (primary N) is 2. The number of carbonyl (C=O) groups excluding carboxylic acids is 1. The molecule has 2 aromatic rings. The Morgan fingerprint density at radius 3 is 2.75 bits per heavy atom. The summed E-state index contributed by atoms with van der Waals surface area (Å²) in [6.07, 6.45) is 4.83. The lowest BCUT2D eigenvalue weighted by Crippen LogP contribution is -2.12. The van der Waals surface area contributed by atoms with Gasteiger partial charge in [-0.15, -0.1) is 0 Å². The smallest absolute Gasteiger partial charge is 0.250 e. The van der Waals surface area contributed by atoms with Gasteiger partial charge in [0.25, 0.3) is 0 Å². The van der Waals surface area contributed by atoms with E-state index in [1.54, 1.807) is 29.1 Å². The van der Waals surface area contributed by atoms with E-state index >= 15 is 0 Å². The van der Waals surface area contributed by atoms with Crippen LogP contribution >= 0.6 is 0 Å². The fraction of sp³-hybridized carbons (Fsp3) is 0.100. The second-order valence-corrected chi connectivity index (χ2v) is 3.19. The Labute approximate surface area is 91.9 Å². The normalized spacial score (nSPS) is 10.3. The van der Waals surface area contributed by atoms with Crippen molar-refractivity contribution < 1.29 is 4.79 Å². The van der Waals surface area contributed by atoms with Gasteiger partial charge in [0, 0.05) is 18.6 Å². The summed E-state index contributed by atoms with van der Waals surface area (Å²) in [5.74, 6) is 0.867. The minimum Gasteiger partial charge on any atom is -0.366 e. The number of aromatic nitrogens is 3. The zero-order valence-corrected chi connectivity index (χ0v) is 8.50. The average Bonchev–Trinajstić information content (AvgIpc) is 2.77. The zero-order chi connectivity index (χ0) is 11.5. The van der Waals surface area contributed by atoms with E-state index in [1.807, 2.05) is 0 Å². The van der Waals surface area contributed by atoms with Crippen molar-refractivity contribution in [1.29, 1.82) is 0 Å². The van der Waals surface area contributed by atoms with Gasteiger partial charge in [0.05, 0.1) is 12.1 Å². The molecule has 0 aliphatic heterocycles. The maximum absolute atomic E-state index is 10.9. The van der Waals surface area contributed by atoms with Gasteiger partial charge in [-0.05, 0) is 12.1 Å². The Balaban J connectivity index is 2.38. The maximum Gasteiger partial charge on any atom is 0.250 e. The summed E-state index contributed by atoms with van der Waals surface area (Å²) in [7, 11) is 0. The molecule has 0 saturated heterocycles. The van der Waals surface area contributed by atoms with Gasteiger partial charge >= 0.3 is 0 Å². The third kappa shape index (κ3) is 1.78. The van der Waals surface area contributed by atoms with Crippen LogP contribution in [0.3, 0.4) is 0 Å². The fourth-order valence-electron chi connectivity index (χ4n) is 1.37. The first-order valence-electron chi connectivity index (χ1n) is 4.71. The van der Waals surface area contributed by atoms with Crippen molar-refractivity contribution in [1.82, 2.24) is 14.5 Å². The number of amides is 1. The average molecular weight is 217 g/mol. The number of hydrogen-bond donors (Lipinski definition) is 2. The molecule has 0 aromatic carbocycles. The number of imidazole rings is 1. The monoisotopic (exact) mass is 217 g/mol. The molecule has 0 atom stereocenters. The van der Waals surface area contributed by atoms with Crippen LogP contribution in [0.5, 0.6) is 0 Å². The van der Waals surface area contributed by atoms with Gasteiger partial charge in [-0.3, -0.25) is 9.36 Å². The molecule has 2 heterocycles. The number of pyridine rings is 1. The Hall–Kier alpha value is -2.21. The first-order valence-corrected chi connectivity index (χ1v) is 4.71. The molecule has 6 nitrogen and oxygen atoms in total. The summed E-state index contributed by atoms with van der Waals surface area (Å²) in [5, 5.41) is 0. The van der Waals surface area contributed by atoms with Crippen molar-refractivity contribution in [2.24, 2.45) is 11.5 Å². The summed E-state index contributed by atoms with van der Waals surface area (Å²) >= 11 is 0. The number of hydrogen-bond acceptors (Lipinski definition) is 4. The van der Waals surface area contributed by atoms with Gasteiger partial charge in [0.2, 0.25) is 5.91 Å². The number of carbonyl (C=O) groups is 1. The van der Waals surface area contributed by atoms with E-state index in [9.17, 15) is 4.79 Å². The first-order chi connectivity index (χ1) is 7.72. The molecule has 0 radical (unpaired) electrons. The summed E-state index contributed by atoms with van der Waals surface area (Å²) in [5.41, 5.74) is 11.0. The van der Waals surface area contributed by atoms with Crippen LogP contribution in [0.1, 0.15) is 16.2 Å². The lowest BCUT2D eigenvalue weighted by atomic mass is 10.3. The maximum atomic E-state index is 10.9. The molecule has 2 rings (SSSR count). The van der Waals surface area contributed by atoms with Crippen molar-refractivity contribution >= 4 is 5.91 Å². The number of rotatable bonds is 3. The van der Waals surface area contributed by atoms with Crippen molar-refractivity contribution in [2.75, 3.05) is 0 Å². The van der Waals surface area contributed by atoms with Crippen LogP contribution in [-0.4, -0.2) is 20.4 Å². The topological polar surface area (TPSA) is 99.8 Å². The molecule has 0 bridgehead atoms. The molecule has 1 amide bonds. The highest BCUT2D eigenvalue weighted by atomic mass is 16.1. The van der Waals surface area contributed by atoms with Crippen molar-refractivity contribution in [3.8, 4) is 5.82 Å². The van der Waals surface area contributed by atoms with Crippen LogP contribution in [0.2, 0.25) is 0 Å². The zero-order valence-electron chi connectivity index (χ0n) is 8.50. The van der Waals surface area contributed by atoms with E-state index in [1.165, 1.54) is 6.20 Å². The lowest BCUT2D eigenvalue weighted by molar-refractivity contribution is 0.1000. The predicted octanol–water partition coefficient (Wildman–Crippen LogP) is -0.175. The molecule has 0 spiro atoms. The van der Waals surface area contributed by atoms with E-state index in [0.29, 0.717) is 23.8 Å². The first kappa shape index (κ1) is 10.3. The van der Waals surface area contributed by atoms with Gasteiger partial charge in [-0.25, -0.2) is 9.97 Å². The van der Waals surface area contributed by atoms with Crippen LogP contribution in [0, 0.1) is 0 Å². The van der Waals surface area contributed by atoms with Crippen molar-refractivity contribution in [2.45, 2.75) is 6.54 Å². The molecule has 0 saturated carbocycles. The highest BCUT2D eigenvalue weighted by molar-refractivity contribution is 5.92. The van der Waals surface area contributed by atoms with E-state index in [4.69, 9.17) is 11.5 Å². The second-order valence-electron chi connectivity index (χ2n) is 3.19. The molecule has 0 aliphatic rings. The van der Waals surface area contributed by atoms with E-state index < -0.39 is 5.91 Å². The van der Waals surface area contributed by atoms with Gasteiger partial charge in [-0.2, -0.15) is 0 Å². The van der Waals surface area contributed by atoms with Gasteiger partial charge in [0.15, 0.2) is 0 Å². The Morgan fingerprint density at radius 1 is 1.38 bits per heavy atom. The molecule has 2 aromatic heterocycles. The molecule has 82 valence electrons. The minimum atomic E-state index is -0.497. The molecule has 16 heavy (non-hydrogen) atoms. The van der Waals surface area contributed by atoms with Crippen molar-refractivity contribution in [3.05, 3.63) is 42.1 Å². The highest BCUT2D eigenvalue weighted by Gasteiger charge is 2.05. The molecule has 0 aliphatic carbocycles. The van der Waals surface area contributed by atoms with Gasteiger partial charge in [-0.1, -0.05) is 0 Å². The Kier molecular flexibility index (Phi) is 2.65. The van der Waals surface area contributed by atoms with Crippen LogP contribution in [0.25, 0.3) is 5.82 Å². The summed E-state index contributed by atoms with van der Waals surface area (Å²) in [6.45, 7) is 0.326. The largest absolute Gasteiger partial charge is 0.366 e. The minimum absolute atomic E-state index is 0.326. The second kappa shape index (κ2) is 4.11. The molecule has 6 heteroatoms. The summed E-state index contributed by atoms with van der Waals surface area (Å²) < 4.78 is 1.75. The molecular weight excluding hydrogens is 206 g/mol. The van der Waals surface area contributed by atoms with Crippen LogP contribution < -0.4 is 11.5 Å². The van der Waals surface area contributed by atoms with Crippen LogP contribution in [-0.2, 0) is 6.54 Å². The molecule has 0 fully saturated rings. The van der Waals surface area contributed by atoms with E-state index in [-0.39, 0.29) is 0 Å². The highest BCUT2D eigenvalue weighted by Crippen LogP contribution is 2.08. The molecular formula is C10H11N5O. The lowest BCUT2D eigenvalue weighted by Gasteiger charge is -2.05. The SMILES string of the molecule is NCc1nccn1-c1ccc(C(N)=O)cn1. The summed E-state index contributed by atoms with van der Waals surface area (Å²) in [6, 6.07) is 3.31. The van der Waals surface area contributed by atoms with E-state index in [0.717, 1.165) is 0 Å². The van der Waals surface area contributed by atoms with E-state index in [2.05, 4.69) is 9.97 Å². The number of primary amides is 1. The third-order valence-corrected chi connectivity index (χ3v) is 2.18. The quantitative estimate of drug-likeness (QED) is 0.745. The van der Waals surface area contributed by atoms with Crippen LogP contribution in [0.15, 0.2) is 30.7 Å². The van der Waals surface area contributed by atoms with Crippen LogP contribution in [0.4, 0.5) is 0 Å². The van der Waals surface area contributed by atoms with Crippen molar-refractivity contribution in [3.63, 3.8) is 0 Å². The number of nitrogens with zero attached hydrogens (tertiary/aromatic N) is 3. The summed E-state index contributed by atoms with van der Waals surface area (Å²) in [4.78, 5) is 19.1. The molecule has 4 N–H and O–H groups in total. The van der Waals surface area contributed by atoms with Gasteiger partial charge < -0.3 is 11.5 Å². The Bertz CT molecular complexity index is 502. The predicted molar refractivity (Wildman–Crippen MR) is 57.8 cm³/mol.